The minimum atomic E-state index is -0.114. The van der Waals surface area contributed by atoms with Gasteiger partial charge in [0.2, 0.25) is 0 Å². The van der Waals surface area contributed by atoms with Crippen LogP contribution in [0.25, 0.3) is 0 Å². The van der Waals surface area contributed by atoms with Gasteiger partial charge in [0.05, 0.1) is 6.42 Å². The predicted octanol–water partition coefficient (Wildman–Crippen LogP) is 9.33. The lowest BCUT2D eigenvalue weighted by molar-refractivity contribution is -0.129. The van der Waals surface area contributed by atoms with Crippen LogP contribution in [0.3, 0.4) is 0 Å². The second kappa shape index (κ2) is 18.3. The van der Waals surface area contributed by atoms with Gasteiger partial charge >= 0.3 is 0 Å². The highest BCUT2D eigenvalue weighted by Gasteiger charge is 2.33. The van der Waals surface area contributed by atoms with Gasteiger partial charge in [-0.3, -0.25) is 19.2 Å². The van der Waals surface area contributed by atoms with Crippen LogP contribution in [0.1, 0.15) is 157 Å². The molecular weight excluding hydrogens is 484 g/mol. The Bertz CT molecular complexity index is 938. The molecule has 1 saturated carbocycles. The average molecular weight is 541 g/mol. The van der Waals surface area contributed by atoms with Gasteiger partial charge in [-0.15, -0.1) is 0 Å². The summed E-state index contributed by atoms with van der Waals surface area (Å²) < 4.78 is 0. The first kappa shape index (κ1) is 34.9. The fourth-order valence-electron chi connectivity index (χ4n) is 6.52. The molecule has 0 aromatic heterocycles. The quantitative estimate of drug-likeness (QED) is 0.207. The Morgan fingerprint density at radius 2 is 1.54 bits per heavy atom. The average Bonchev–Trinajstić information content (AvgIpc) is 3.39. The van der Waals surface area contributed by atoms with E-state index in [4.69, 9.17) is 0 Å². The highest BCUT2D eigenvalue weighted by atomic mass is 16.1. The molecule has 0 aliphatic heterocycles. The zero-order valence-electron chi connectivity index (χ0n) is 26.3. The molecule has 2 aliphatic carbocycles. The van der Waals surface area contributed by atoms with Gasteiger partial charge in [-0.25, -0.2) is 0 Å². The van der Waals surface area contributed by atoms with E-state index in [1.54, 1.807) is 0 Å². The molecule has 0 radical (unpaired) electrons. The molecule has 2 aliphatic rings. The molecule has 1 aromatic rings. The number of ketones is 4. The molecule has 1 fully saturated rings. The van der Waals surface area contributed by atoms with Crippen molar-refractivity contribution in [2.75, 3.05) is 0 Å². The highest BCUT2D eigenvalue weighted by Crippen LogP contribution is 2.37. The number of Topliss-reactive ketones (excluding diaryl/α,β-unsaturated/α-hetero) is 4. The first-order valence-corrected chi connectivity index (χ1v) is 15.7. The van der Waals surface area contributed by atoms with Crippen molar-refractivity contribution in [3.05, 3.63) is 34.4 Å². The molecule has 3 atom stereocenters. The zero-order valence-corrected chi connectivity index (χ0v) is 26.3. The maximum atomic E-state index is 12.9. The van der Waals surface area contributed by atoms with Crippen LogP contribution in [0.5, 0.6) is 0 Å². The zero-order chi connectivity index (χ0) is 29.5. The maximum absolute atomic E-state index is 12.9. The highest BCUT2D eigenvalue weighted by molar-refractivity contribution is 6.04. The third kappa shape index (κ3) is 11.1. The summed E-state index contributed by atoms with van der Waals surface area (Å²) in [5.74, 6) is 1.44. The van der Waals surface area contributed by atoms with Crippen molar-refractivity contribution in [1.82, 2.24) is 0 Å². The summed E-state index contributed by atoms with van der Waals surface area (Å²) in [7, 11) is 0. The predicted molar refractivity (Wildman–Crippen MR) is 163 cm³/mol. The van der Waals surface area contributed by atoms with E-state index in [1.807, 2.05) is 26.0 Å². The molecule has 1 aromatic carbocycles. The lowest BCUT2D eigenvalue weighted by atomic mass is 9.72. The second-order valence-electron chi connectivity index (χ2n) is 11.9. The van der Waals surface area contributed by atoms with E-state index in [0.717, 1.165) is 54.7 Å². The van der Waals surface area contributed by atoms with Crippen LogP contribution in [0.4, 0.5) is 0 Å². The summed E-state index contributed by atoms with van der Waals surface area (Å²) in [5, 5.41) is 0. The minimum absolute atomic E-state index is 0.0121. The SMILES string of the molecule is CCC.CCC1CCCC1.CCCC(CC1CC(=O)c2c(ccc(C(C)=O)c2C)C1)C(CC)C(=O)CC(C)=O. The Morgan fingerprint density at radius 1 is 0.923 bits per heavy atom. The molecule has 3 rings (SSSR count). The molecule has 0 bridgehead atoms. The van der Waals surface area contributed by atoms with Crippen LogP contribution >= 0.6 is 0 Å². The lowest BCUT2D eigenvalue weighted by Gasteiger charge is -2.32. The van der Waals surface area contributed by atoms with Gasteiger partial charge in [0, 0.05) is 23.5 Å². The van der Waals surface area contributed by atoms with Crippen LogP contribution in [0.15, 0.2) is 12.1 Å². The first-order valence-electron chi connectivity index (χ1n) is 15.7. The topological polar surface area (TPSA) is 68.3 Å². The minimum Gasteiger partial charge on any atom is -0.300 e. The number of fused-ring (bicyclic) bond motifs is 1. The van der Waals surface area contributed by atoms with E-state index < -0.39 is 0 Å². The van der Waals surface area contributed by atoms with Gasteiger partial charge in [-0.1, -0.05) is 98.1 Å². The smallest absolute Gasteiger partial charge is 0.163 e. The van der Waals surface area contributed by atoms with Crippen LogP contribution in [-0.4, -0.2) is 23.1 Å². The fourth-order valence-corrected chi connectivity index (χ4v) is 6.52. The van der Waals surface area contributed by atoms with E-state index in [2.05, 4.69) is 27.7 Å². The van der Waals surface area contributed by atoms with Crippen LogP contribution in [-0.2, 0) is 16.0 Å². The maximum Gasteiger partial charge on any atom is 0.163 e. The third-order valence-electron chi connectivity index (χ3n) is 8.39. The molecule has 4 nitrogen and oxygen atoms in total. The standard InChI is InChI=1S/C25H34O4.C7H14.C3H8/c1-6-8-19(21(7-2)23(28)11-15(3)26)12-18-13-20-9-10-22(17(5)27)16(4)25(20)24(29)14-18;1-2-7-5-3-4-6-7;1-3-2/h9-10,18-19,21H,6-8,11-14H2,1-5H3;7H,2-6H2,1H3;3H2,1-2H3. The van der Waals surface area contributed by atoms with Crippen LogP contribution < -0.4 is 0 Å². The normalized spacial score (nSPS) is 18.2. The number of benzene rings is 1. The third-order valence-corrected chi connectivity index (χ3v) is 8.39. The van der Waals surface area contributed by atoms with Gasteiger partial charge < -0.3 is 0 Å². The van der Waals surface area contributed by atoms with E-state index in [9.17, 15) is 19.2 Å². The summed E-state index contributed by atoms with van der Waals surface area (Å²) in [6.07, 6.45) is 13.4. The Kier molecular flexibility index (Phi) is 16.4. The van der Waals surface area contributed by atoms with Gasteiger partial charge in [0.15, 0.2) is 11.6 Å². The largest absolute Gasteiger partial charge is 0.300 e. The van der Waals surface area contributed by atoms with Crippen molar-refractivity contribution in [2.45, 2.75) is 139 Å². The second-order valence-corrected chi connectivity index (χ2v) is 11.9. The number of carbonyl (C=O) groups is 4. The molecule has 39 heavy (non-hydrogen) atoms. The molecule has 3 unspecified atom stereocenters. The van der Waals surface area contributed by atoms with Gasteiger partial charge in [-0.05, 0) is 68.9 Å². The van der Waals surface area contributed by atoms with Crippen molar-refractivity contribution in [3.63, 3.8) is 0 Å². The van der Waals surface area contributed by atoms with E-state index in [1.165, 1.54) is 52.4 Å². The molecule has 0 N–H and O–H groups in total. The molecule has 0 saturated heterocycles. The van der Waals surface area contributed by atoms with E-state index in [-0.39, 0.29) is 47.3 Å². The van der Waals surface area contributed by atoms with Crippen LogP contribution in [0, 0.1) is 30.6 Å². The molecule has 0 spiro atoms. The summed E-state index contributed by atoms with van der Waals surface area (Å²) in [4.78, 5) is 48.8. The molecular formula is C35H56O4. The number of carbonyl (C=O) groups excluding carboxylic acids is 4. The Morgan fingerprint density at radius 3 is 2.00 bits per heavy atom. The van der Waals surface area contributed by atoms with Gasteiger partial charge in [0.1, 0.15) is 11.6 Å². The van der Waals surface area contributed by atoms with Crippen molar-refractivity contribution >= 4 is 23.1 Å². The monoisotopic (exact) mass is 540 g/mol. The summed E-state index contributed by atoms with van der Waals surface area (Å²) in [6.45, 7) is 15.5. The lowest BCUT2D eigenvalue weighted by Crippen LogP contribution is -2.30. The number of rotatable bonds is 11. The van der Waals surface area contributed by atoms with Crippen LogP contribution in [0.2, 0.25) is 0 Å². The fraction of sp³-hybridized carbons (Fsp3) is 0.714. The van der Waals surface area contributed by atoms with Crippen molar-refractivity contribution < 1.29 is 19.2 Å². The Balaban J connectivity index is 0.000000638. The molecule has 220 valence electrons. The van der Waals surface area contributed by atoms with Crippen molar-refractivity contribution in [3.8, 4) is 0 Å². The van der Waals surface area contributed by atoms with Crippen molar-refractivity contribution in [1.29, 1.82) is 0 Å². The van der Waals surface area contributed by atoms with E-state index in [0.29, 0.717) is 12.0 Å². The Labute approximate surface area is 239 Å². The summed E-state index contributed by atoms with van der Waals surface area (Å²) in [6, 6.07) is 3.76. The molecule has 0 amide bonds. The summed E-state index contributed by atoms with van der Waals surface area (Å²) in [5.41, 5.74) is 3.17. The number of hydrogen-bond donors (Lipinski definition) is 0. The molecule has 4 heteroatoms. The Hall–Kier alpha value is -2.10. The van der Waals surface area contributed by atoms with E-state index >= 15 is 0 Å². The first-order chi connectivity index (χ1) is 18.5. The van der Waals surface area contributed by atoms with Gasteiger partial charge in [0.25, 0.3) is 0 Å². The summed E-state index contributed by atoms with van der Waals surface area (Å²) >= 11 is 0. The van der Waals surface area contributed by atoms with Crippen molar-refractivity contribution in [2.24, 2.45) is 23.7 Å². The number of hydrogen-bond acceptors (Lipinski definition) is 4. The van der Waals surface area contributed by atoms with Gasteiger partial charge in [-0.2, -0.15) is 0 Å². The molecule has 0 heterocycles.